The zero-order chi connectivity index (χ0) is 12.6. The molecule has 0 aromatic carbocycles. The number of fused-ring (bicyclic) bond motifs is 3. The van der Waals surface area contributed by atoms with Gasteiger partial charge in [0.2, 0.25) is 0 Å². The van der Waals surface area contributed by atoms with E-state index in [9.17, 15) is 22.0 Å². The Morgan fingerprint density at radius 1 is 1.41 bits per heavy atom. The molecule has 3 rings (SSSR count). The highest BCUT2D eigenvalue weighted by molar-refractivity contribution is 5.46. The lowest BCUT2D eigenvalue weighted by Crippen LogP contribution is -2.19. The van der Waals surface area contributed by atoms with Crippen LogP contribution in [0.3, 0.4) is 0 Å². The molecule has 0 amide bonds. The Morgan fingerprint density at radius 2 is 2.06 bits per heavy atom. The van der Waals surface area contributed by atoms with Crippen LogP contribution < -0.4 is 0 Å². The van der Waals surface area contributed by atoms with E-state index in [1.54, 1.807) is 0 Å². The molecule has 0 radical (unpaired) electrons. The van der Waals surface area contributed by atoms with E-state index < -0.39 is 35.3 Å². The number of alkyl halides is 5. The molecule has 2 nitrogen and oxygen atoms in total. The van der Waals surface area contributed by atoms with Crippen molar-refractivity contribution in [1.82, 2.24) is 9.78 Å². The van der Waals surface area contributed by atoms with Gasteiger partial charge in [0.25, 0.3) is 5.92 Å². The Bertz CT molecular complexity index is 488. The van der Waals surface area contributed by atoms with Crippen molar-refractivity contribution in [2.45, 2.75) is 37.9 Å². The van der Waals surface area contributed by atoms with Crippen LogP contribution in [0.4, 0.5) is 22.0 Å². The largest absolute Gasteiger partial charge is 0.435 e. The Kier molecular flexibility index (Phi) is 1.82. The molecular formula is C10H9F5N2. The summed E-state index contributed by atoms with van der Waals surface area (Å²) in [5.41, 5.74) is -1.91. The number of rotatable bonds is 1. The fourth-order valence-electron chi connectivity index (χ4n) is 2.71. The topological polar surface area (TPSA) is 17.8 Å². The minimum Gasteiger partial charge on any atom is -0.263 e. The second-order valence-electron chi connectivity index (χ2n) is 4.50. The maximum absolute atomic E-state index is 13.8. The van der Waals surface area contributed by atoms with Gasteiger partial charge in [-0.3, -0.25) is 4.68 Å². The monoisotopic (exact) mass is 252 g/mol. The zero-order valence-corrected chi connectivity index (χ0v) is 8.85. The second kappa shape index (κ2) is 2.81. The molecule has 1 unspecified atom stereocenters. The molecule has 1 saturated carbocycles. The van der Waals surface area contributed by atoms with E-state index in [1.165, 1.54) is 6.92 Å². The molecule has 1 aromatic rings. The van der Waals surface area contributed by atoms with Gasteiger partial charge in [-0.15, -0.1) is 0 Å². The fourth-order valence-corrected chi connectivity index (χ4v) is 2.71. The molecule has 2 aliphatic carbocycles. The van der Waals surface area contributed by atoms with Crippen LogP contribution in [0.1, 0.15) is 36.2 Å². The maximum atomic E-state index is 13.8. The third-order valence-corrected chi connectivity index (χ3v) is 3.50. The summed E-state index contributed by atoms with van der Waals surface area (Å²) in [6.45, 7) is 1.53. The second-order valence-corrected chi connectivity index (χ2v) is 4.50. The quantitative estimate of drug-likeness (QED) is 0.702. The van der Waals surface area contributed by atoms with Crippen molar-refractivity contribution in [3.8, 4) is 0 Å². The van der Waals surface area contributed by atoms with Gasteiger partial charge >= 0.3 is 6.18 Å². The van der Waals surface area contributed by atoms with E-state index in [0.717, 1.165) is 4.68 Å². The average molecular weight is 252 g/mol. The molecule has 1 heterocycles. The maximum Gasteiger partial charge on any atom is 0.435 e. The zero-order valence-electron chi connectivity index (χ0n) is 8.85. The van der Waals surface area contributed by atoms with Gasteiger partial charge in [-0.2, -0.15) is 27.1 Å². The van der Waals surface area contributed by atoms with Gasteiger partial charge < -0.3 is 0 Å². The molecular weight excluding hydrogens is 243 g/mol. The summed E-state index contributed by atoms with van der Waals surface area (Å²) in [5.74, 6) is -4.77. The number of hydrogen-bond acceptors (Lipinski definition) is 1. The SMILES string of the molecule is CCn1nc(C(F)(F)F)c2c1C(F)(F)C1C[C@H]21. The molecule has 0 aliphatic heterocycles. The van der Waals surface area contributed by atoms with Gasteiger partial charge in [0.15, 0.2) is 5.69 Å². The molecule has 0 spiro atoms. The fraction of sp³-hybridized carbons (Fsp3) is 0.700. The van der Waals surface area contributed by atoms with Crippen LogP contribution in [0.15, 0.2) is 0 Å². The average Bonchev–Trinajstić information content (AvgIpc) is 2.83. The minimum absolute atomic E-state index is 0.0213. The normalized spacial score (nSPS) is 29.1. The highest BCUT2D eigenvalue weighted by Gasteiger charge is 2.68. The number of hydrogen-bond donors (Lipinski definition) is 0. The van der Waals surface area contributed by atoms with Crippen LogP contribution in [-0.4, -0.2) is 9.78 Å². The Hall–Kier alpha value is -1.14. The summed E-state index contributed by atoms with van der Waals surface area (Å²) in [6, 6.07) is 0. The van der Waals surface area contributed by atoms with Crippen LogP contribution in [-0.2, 0) is 18.6 Å². The number of aryl methyl sites for hydroxylation is 1. The smallest absolute Gasteiger partial charge is 0.263 e. The standard InChI is InChI=1S/C10H9F5N2/c1-2-17-8-6(7(16-17)10(13,14)15)4-3-5(4)9(8,11)12/h4-5H,2-3H2,1H3/t4-,5?/m0/s1. The Morgan fingerprint density at radius 3 is 2.59 bits per heavy atom. The molecule has 0 saturated heterocycles. The lowest BCUT2D eigenvalue weighted by molar-refractivity contribution is -0.142. The van der Waals surface area contributed by atoms with Gasteiger partial charge in [0.1, 0.15) is 5.69 Å². The van der Waals surface area contributed by atoms with Crippen molar-refractivity contribution in [3.05, 3.63) is 17.0 Å². The Labute approximate surface area is 93.4 Å². The first-order valence-corrected chi connectivity index (χ1v) is 5.34. The van der Waals surface area contributed by atoms with Gasteiger partial charge in [-0.25, -0.2) is 0 Å². The highest BCUT2D eigenvalue weighted by Crippen LogP contribution is 2.68. The summed E-state index contributed by atoms with van der Waals surface area (Å²) in [4.78, 5) is 0. The first-order valence-electron chi connectivity index (χ1n) is 5.34. The van der Waals surface area contributed by atoms with Crippen LogP contribution >= 0.6 is 0 Å². The van der Waals surface area contributed by atoms with Gasteiger partial charge in [-0.1, -0.05) is 0 Å². The number of aromatic nitrogens is 2. The summed E-state index contributed by atoms with van der Waals surface area (Å²) < 4.78 is 66.5. The van der Waals surface area contributed by atoms with Gasteiger partial charge in [0.05, 0.1) is 0 Å². The lowest BCUT2D eigenvalue weighted by atomic mass is 10.1. The van der Waals surface area contributed by atoms with Crippen LogP contribution in [0, 0.1) is 5.92 Å². The van der Waals surface area contributed by atoms with Crippen molar-refractivity contribution in [1.29, 1.82) is 0 Å². The number of nitrogens with zero attached hydrogens (tertiary/aromatic N) is 2. The molecule has 1 aromatic heterocycles. The van der Waals surface area contributed by atoms with Gasteiger partial charge in [0, 0.05) is 18.0 Å². The van der Waals surface area contributed by atoms with E-state index in [4.69, 9.17) is 0 Å². The third kappa shape index (κ3) is 1.22. The van der Waals surface area contributed by atoms with E-state index in [2.05, 4.69) is 5.10 Å². The molecule has 17 heavy (non-hydrogen) atoms. The first kappa shape index (κ1) is 11.0. The third-order valence-electron chi connectivity index (χ3n) is 3.50. The Balaban J connectivity index is 2.24. The van der Waals surface area contributed by atoms with E-state index in [-0.39, 0.29) is 18.5 Å². The molecule has 94 valence electrons. The minimum atomic E-state index is -4.65. The van der Waals surface area contributed by atoms with Gasteiger partial charge in [-0.05, 0) is 19.3 Å². The summed E-state index contributed by atoms with van der Waals surface area (Å²) >= 11 is 0. The first-order chi connectivity index (χ1) is 7.78. The number of halogens is 5. The molecule has 7 heteroatoms. The van der Waals surface area contributed by atoms with Crippen molar-refractivity contribution in [2.75, 3.05) is 0 Å². The van der Waals surface area contributed by atoms with Crippen molar-refractivity contribution in [3.63, 3.8) is 0 Å². The molecule has 1 fully saturated rings. The van der Waals surface area contributed by atoms with E-state index >= 15 is 0 Å². The molecule has 0 bridgehead atoms. The highest BCUT2D eigenvalue weighted by atomic mass is 19.4. The lowest BCUT2D eigenvalue weighted by Gasteiger charge is -2.14. The summed E-state index contributed by atoms with van der Waals surface area (Å²) in [7, 11) is 0. The van der Waals surface area contributed by atoms with Crippen molar-refractivity contribution < 1.29 is 22.0 Å². The van der Waals surface area contributed by atoms with Crippen molar-refractivity contribution >= 4 is 0 Å². The van der Waals surface area contributed by atoms with Crippen LogP contribution in [0.5, 0.6) is 0 Å². The molecule has 2 aliphatic rings. The summed E-state index contributed by atoms with van der Waals surface area (Å²) in [6.07, 6.45) is -4.52. The molecule has 2 atom stereocenters. The van der Waals surface area contributed by atoms with Crippen molar-refractivity contribution in [2.24, 2.45) is 5.92 Å². The van der Waals surface area contributed by atoms with Crippen LogP contribution in [0.2, 0.25) is 0 Å². The predicted octanol–water partition coefficient (Wildman–Crippen LogP) is 3.13. The summed E-state index contributed by atoms with van der Waals surface area (Å²) in [5, 5.41) is 3.31. The molecule has 0 N–H and O–H groups in total. The predicted molar refractivity (Wildman–Crippen MR) is 47.6 cm³/mol. The van der Waals surface area contributed by atoms with Crippen LogP contribution in [0.25, 0.3) is 0 Å². The van der Waals surface area contributed by atoms with E-state index in [1.807, 2.05) is 0 Å². The van der Waals surface area contributed by atoms with E-state index in [0.29, 0.717) is 0 Å².